The molecule has 0 fully saturated rings. The van der Waals surface area contributed by atoms with E-state index in [1.807, 2.05) is 6.92 Å². The van der Waals surface area contributed by atoms with E-state index < -0.39 is 0 Å². The van der Waals surface area contributed by atoms with Gasteiger partial charge in [-0.1, -0.05) is 12.0 Å². The Morgan fingerprint density at radius 1 is 1.86 bits per heavy atom. The van der Waals surface area contributed by atoms with Crippen LogP contribution in [0.2, 0.25) is 0 Å². The van der Waals surface area contributed by atoms with E-state index in [4.69, 9.17) is 5.73 Å². The molecule has 0 aliphatic heterocycles. The van der Waals surface area contributed by atoms with Crippen molar-refractivity contribution in [3.63, 3.8) is 0 Å². The summed E-state index contributed by atoms with van der Waals surface area (Å²) in [5, 5.41) is 0. The zero-order chi connectivity index (χ0) is 5.70. The van der Waals surface area contributed by atoms with Crippen LogP contribution in [0.1, 0.15) is 6.92 Å². The molecule has 0 aromatic heterocycles. The lowest BCUT2D eigenvalue weighted by atomic mass is 10.2. The molecule has 7 heavy (non-hydrogen) atoms. The van der Waals surface area contributed by atoms with Crippen molar-refractivity contribution in [3.05, 3.63) is 12.7 Å². The maximum atomic E-state index is 4.90. The number of rotatable bonds is 1. The molecule has 0 aromatic rings. The summed E-state index contributed by atoms with van der Waals surface area (Å²) in [7, 11) is 0. The van der Waals surface area contributed by atoms with Crippen molar-refractivity contribution in [2.75, 3.05) is 0 Å². The van der Waals surface area contributed by atoms with Crippen LogP contribution >= 0.6 is 0 Å². The lowest BCUT2D eigenvalue weighted by Crippen LogP contribution is -1.84. The minimum atomic E-state index is 0.227. The van der Waals surface area contributed by atoms with Crippen molar-refractivity contribution in [2.24, 2.45) is 11.7 Å². The van der Waals surface area contributed by atoms with Gasteiger partial charge in [0.1, 0.15) is 0 Å². The third-order valence-corrected chi connectivity index (χ3v) is 0.665. The van der Waals surface area contributed by atoms with Crippen LogP contribution < -0.4 is 5.73 Å². The molecule has 1 heteroatoms. The van der Waals surface area contributed by atoms with Gasteiger partial charge < -0.3 is 5.73 Å². The molecule has 0 bridgehead atoms. The summed E-state index contributed by atoms with van der Waals surface area (Å²) in [6.07, 6.45) is 1.75. The van der Waals surface area contributed by atoms with Crippen LogP contribution in [-0.2, 0) is 0 Å². The van der Waals surface area contributed by atoms with Gasteiger partial charge in [0.2, 0.25) is 0 Å². The van der Waals surface area contributed by atoms with Gasteiger partial charge in [0.05, 0.1) is 0 Å². The van der Waals surface area contributed by atoms with Crippen molar-refractivity contribution < 1.29 is 0 Å². The molecular formula is C6H9N. The van der Waals surface area contributed by atoms with E-state index in [2.05, 4.69) is 18.5 Å². The van der Waals surface area contributed by atoms with E-state index in [1.54, 1.807) is 6.08 Å². The standard InChI is InChI=1S/C6H9N/c1-3-6(2)4-5-7/h3,6H,1,7H2,2H3. The Balaban J connectivity index is 3.49. The molecule has 0 aliphatic carbocycles. The Labute approximate surface area is 44.2 Å². The van der Waals surface area contributed by atoms with E-state index >= 15 is 0 Å². The first kappa shape index (κ1) is 6.10. The maximum Gasteiger partial charge on any atom is 0.0370 e. The molecule has 1 unspecified atom stereocenters. The normalized spacial score (nSPS) is 11.0. The molecule has 0 saturated heterocycles. The second-order valence-electron chi connectivity index (χ2n) is 1.31. The summed E-state index contributed by atoms with van der Waals surface area (Å²) >= 11 is 0. The molecule has 0 saturated carbocycles. The van der Waals surface area contributed by atoms with Crippen LogP contribution in [0, 0.1) is 17.9 Å². The summed E-state index contributed by atoms with van der Waals surface area (Å²) < 4.78 is 0. The summed E-state index contributed by atoms with van der Waals surface area (Å²) in [6, 6.07) is 2.30. The lowest BCUT2D eigenvalue weighted by Gasteiger charge is -1.85. The highest BCUT2D eigenvalue weighted by molar-refractivity contribution is 5.04. The van der Waals surface area contributed by atoms with Crippen LogP contribution in [0.3, 0.4) is 0 Å². The first-order valence-electron chi connectivity index (χ1n) is 2.15. The fourth-order valence-corrected chi connectivity index (χ4v) is 0.190. The van der Waals surface area contributed by atoms with Crippen molar-refractivity contribution in [2.45, 2.75) is 6.92 Å². The van der Waals surface area contributed by atoms with Crippen LogP contribution in [0.5, 0.6) is 0 Å². The van der Waals surface area contributed by atoms with E-state index in [9.17, 15) is 0 Å². The number of nitrogens with two attached hydrogens (primary N) is 1. The third kappa shape index (κ3) is 2.92. The van der Waals surface area contributed by atoms with Crippen molar-refractivity contribution in [1.82, 2.24) is 0 Å². The van der Waals surface area contributed by atoms with Gasteiger partial charge in [-0.3, -0.25) is 0 Å². The summed E-state index contributed by atoms with van der Waals surface area (Å²) in [4.78, 5) is 0. The van der Waals surface area contributed by atoms with E-state index in [0.29, 0.717) is 0 Å². The van der Waals surface area contributed by atoms with Crippen molar-refractivity contribution in [3.8, 4) is 12.0 Å². The Morgan fingerprint density at radius 2 is 2.43 bits per heavy atom. The molecule has 0 amide bonds. The molecule has 0 aliphatic rings. The number of hydrogen-bond acceptors (Lipinski definition) is 1. The highest BCUT2D eigenvalue weighted by Gasteiger charge is 1.81. The smallest absolute Gasteiger partial charge is 0.0370 e. The SMILES string of the molecule is C=CC(C)C#CN. The Morgan fingerprint density at radius 3 is 2.57 bits per heavy atom. The predicted octanol–water partition coefficient (Wildman–Crippen LogP) is 0.728. The molecule has 0 radical (unpaired) electrons. The van der Waals surface area contributed by atoms with Gasteiger partial charge in [0.25, 0.3) is 0 Å². The molecule has 1 nitrogen and oxygen atoms in total. The second kappa shape index (κ2) is 3.30. The van der Waals surface area contributed by atoms with E-state index in [1.165, 1.54) is 0 Å². The van der Waals surface area contributed by atoms with Gasteiger partial charge in [-0.15, -0.1) is 6.58 Å². The van der Waals surface area contributed by atoms with E-state index in [-0.39, 0.29) is 5.92 Å². The summed E-state index contributed by atoms with van der Waals surface area (Å²) in [5.74, 6) is 2.93. The fraction of sp³-hybridized carbons (Fsp3) is 0.333. The molecule has 38 valence electrons. The predicted molar refractivity (Wildman–Crippen MR) is 31.3 cm³/mol. The molecule has 0 heterocycles. The first-order chi connectivity index (χ1) is 3.31. The minimum absolute atomic E-state index is 0.227. The summed E-state index contributed by atoms with van der Waals surface area (Å²) in [6.45, 7) is 5.46. The quantitative estimate of drug-likeness (QED) is 0.290. The third-order valence-electron chi connectivity index (χ3n) is 0.665. The summed E-state index contributed by atoms with van der Waals surface area (Å²) in [5.41, 5.74) is 4.90. The molecular weight excluding hydrogens is 86.1 g/mol. The fourth-order valence-electron chi connectivity index (χ4n) is 0.190. The highest BCUT2D eigenvalue weighted by atomic mass is 14.5. The van der Waals surface area contributed by atoms with Crippen LogP contribution in [0.25, 0.3) is 0 Å². The number of hydrogen-bond donors (Lipinski definition) is 1. The Kier molecular flexibility index (Phi) is 2.87. The van der Waals surface area contributed by atoms with Crippen LogP contribution in [0.15, 0.2) is 12.7 Å². The topological polar surface area (TPSA) is 26.0 Å². The van der Waals surface area contributed by atoms with Gasteiger partial charge in [0, 0.05) is 12.0 Å². The number of allylic oxidation sites excluding steroid dienone is 1. The molecule has 0 aromatic carbocycles. The van der Waals surface area contributed by atoms with Crippen molar-refractivity contribution in [1.29, 1.82) is 0 Å². The molecule has 0 spiro atoms. The highest BCUT2D eigenvalue weighted by Crippen LogP contribution is 1.88. The zero-order valence-electron chi connectivity index (χ0n) is 4.44. The molecule has 0 rings (SSSR count). The average molecular weight is 95.1 g/mol. The molecule has 2 N–H and O–H groups in total. The van der Waals surface area contributed by atoms with Gasteiger partial charge >= 0.3 is 0 Å². The van der Waals surface area contributed by atoms with E-state index in [0.717, 1.165) is 0 Å². The van der Waals surface area contributed by atoms with Gasteiger partial charge in [-0.05, 0) is 6.92 Å². The Hall–Kier alpha value is -0.900. The van der Waals surface area contributed by atoms with Crippen LogP contribution in [0.4, 0.5) is 0 Å². The average Bonchev–Trinajstić information content (AvgIpc) is 1.68. The van der Waals surface area contributed by atoms with Gasteiger partial charge in [-0.25, -0.2) is 0 Å². The largest absolute Gasteiger partial charge is 0.359 e. The lowest BCUT2D eigenvalue weighted by molar-refractivity contribution is 0.983. The van der Waals surface area contributed by atoms with Crippen LogP contribution in [-0.4, -0.2) is 0 Å². The zero-order valence-corrected chi connectivity index (χ0v) is 4.44. The first-order valence-corrected chi connectivity index (χ1v) is 2.15. The monoisotopic (exact) mass is 95.1 g/mol. The van der Waals surface area contributed by atoms with Gasteiger partial charge in [0.15, 0.2) is 0 Å². The van der Waals surface area contributed by atoms with Crippen molar-refractivity contribution >= 4 is 0 Å². The minimum Gasteiger partial charge on any atom is -0.359 e. The second-order valence-corrected chi connectivity index (χ2v) is 1.31. The van der Waals surface area contributed by atoms with Gasteiger partial charge in [-0.2, -0.15) is 0 Å². The maximum absolute atomic E-state index is 4.90. The molecule has 1 atom stereocenters. The Bertz CT molecular complexity index is 105.